The maximum absolute atomic E-state index is 3.92. The molecule has 1 fully saturated rings. The van der Waals surface area contributed by atoms with Crippen LogP contribution in [0.4, 0.5) is 0 Å². The Hall–Kier alpha value is -0.340. The summed E-state index contributed by atoms with van der Waals surface area (Å²) < 4.78 is 0. The topological polar surface area (TPSA) is 6.48 Å². The molecule has 1 aliphatic heterocycles. The first-order chi connectivity index (χ1) is 6.18. The van der Waals surface area contributed by atoms with Crippen molar-refractivity contribution in [2.24, 2.45) is 0 Å². The van der Waals surface area contributed by atoms with Crippen LogP contribution < -0.4 is 0 Å². The molecule has 0 saturated carbocycles. The molecule has 0 aromatic carbocycles. The van der Waals surface area contributed by atoms with Crippen LogP contribution in [0.1, 0.15) is 19.8 Å². The predicted molar refractivity (Wildman–Crippen MR) is 58.0 cm³/mol. The fourth-order valence-corrected chi connectivity index (χ4v) is 1.86. The molecular formula is C11H22N2. The van der Waals surface area contributed by atoms with E-state index in [0.717, 1.165) is 6.54 Å². The summed E-state index contributed by atoms with van der Waals surface area (Å²) in [7, 11) is 2.17. The van der Waals surface area contributed by atoms with Gasteiger partial charge in [0, 0.05) is 19.6 Å². The van der Waals surface area contributed by atoms with E-state index in [0.29, 0.717) is 0 Å². The van der Waals surface area contributed by atoms with Crippen molar-refractivity contribution in [1.82, 2.24) is 9.80 Å². The lowest BCUT2D eigenvalue weighted by Gasteiger charge is -2.21. The van der Waals surface area contributed by atoms with Gasteiger partial charge in [0.1, 0.15) is 0 Å². The molecule has 0 amide bonds. The Morgan fingerprint density at radius 3 is 2.54 bits per heavy atom. The highest BCUT2D eigenvalue weighted by atomic mass is 15.2. The fraction of sp³-hybridized carbons (Fsp3) is 0.818. The molecular weight excluding hydrogens is 160 g/mol. The van der Waals surface area contributed by atoms with E-state index < -0.39 is 0 Å². The summed E-state index contributed by atoms with van der Waals surface area (Å²) >= 11 is 0. The highest BCUT2D eigenvalue weighted by molar-refractivity contribution is 4.91. The normalized spacial score (nSPS) is 18.4. The number of nitrogens with zero attached hydrogens (tertiary/aromatic N) is 2. The zero-order chi connectivity index (χ0) is 9.68. The quantitative estimate of drug-likeness (QED) is 0.596. The molecule has 0 aromatic heterocycles. The molecule has 0 atom stereocenters. The Balaban J connectivity index is 2.06. The van der Waals surface area contributed by atoms with Crippen molar-refractivity contribution in [2.45, 2.75) is 19.8 Å². The van der Waals surface area contributed by atoms with E-state index in [1.54, 1.807) is 0 Å². The standard InChI is InChI=1S/C11H22N2/c1-11(2)10-12(3)8-9-13-6-4-5-7-13/h1,4-10H2,2-3H3. The molecule has 0 spiro atoms. The number of likely N-dealkylation sites (tertiary alicyclic amines) is 1. The Morgan fingerprint density at radius 1 is 1.38 bits per heavy atom. The second kappa shape index (κ2) is 5.40. The van der Waals surface area contributed by atoms with Crippen LogP contribution in [-0.4, -0.2) is 49.6 Å². The molecule has 0 bridgehead atoms. The minimum Gasteiger partial charge on any atom is -0.302 e. The zero-order valence-electron chi connectivity index (χ0n) is 9.05. The van der Waals surface area contributed by atoms with E-state index in [9.17, 15) is 0 Å². The van der Waals surface area contributed by atoms with Crippen molar-refractivity contribution < 1.29 is 0 Å². The number of hydrogen-bond acceptors (Lipinski definition) is 2. The molecule has 0 N–H and O–H groups in total. The smallest absolute Gasteiger partial charge is 0.0184 e. The molecule has 13 heavy (non-hydrogen) atoms. The first-order valence-corrected chi connectivity index (χ1v) is 5.24. The lowest BCUT2D eigenvalue weighted by molar-refractivity contribution is 0.268. The molecule has 2 nitrogen and oxygen atoms in total. The average Bonchev–Trinajstić information content (AvgIpc) is 2.51. The van der Waals surface area contributed by atoms with Crippen LogP contribution >= 0.6 is 0 Å². The molecule has 1 aliphatic rings. The van der Waals surface area contributed by atoms with Crippen molar-refractivity contribution in [1.29, 1.82) is 0 Å². The van der Waals surface area contributed by atoms with Gasteiger partial charge >= 0.3 is 0 Å². The van der Waals surface area contributed by atoms with Crippen LogP contribution in [0.25, 0.3) is 0 Å². The minimum atomic E-state index is 1.04. The van der Waals surface area contributed by atoms with E-state index in [-0.39, 0.29) is 0 Å². The lowest BCUT2D eigenvalue weighted by Crippen LogP contribution is -2.32. The lowest BCUT2D eigenvalue weighted by atomic mass is 10.3. The number of likely N-dealkylation sites (N-methyl/N-ethyl adjacent to an activating group) is 1. The first kappa shape index (κ1) is 10.7. The molecule has 76 valence electrons. The third kappa shape index (κ3) is 4.44. The highest BCUT2D eigenvalue weighted by Crippen LogP contribution is 2.06. The van der Waals surface area contributed by atoms with E-state index in [1.807, 2.05) is 0 Å². The van der Waals surface area contributed by atoms with E-state index in [2.05, 4.69) is 30.4 Å². The summed E-state index contributed by atoms with van der Waals surface area (Å²) in [4.78, 5) is 4.90. The van der Waals surface area contributed by atoms with Crippen molar-refractivity contribution >= 4 is 0 Å². The SMILES string of the molecule is C=C(C)CN(C)CCN1CCCC1. The maximum atomic E-state index is 3.92. The Bertz CT molecular complexity index is 159. The van der Waals surface area contributed by atoms with Crippen molar-refractivity contribution in [3.05, 3.63) is 12.2 Å². The molecule has 1 heterocycles. The molecule has 1 saturated heterocycles. The van der Waals surface area contributed by atoms with Gasteiger partial charge < -0.3 is 9.80 Å². The summed E-state index contributed by atoms with van der Waals surface area (Å²) in [6.45, 7) is 12.1. The summed E-state index contributed by atoms with van der Waals surface area (Å²) in [6, 6.07) is 0. The van der Waals surface area contributed by atoms with Gasteiger partial charge in [0.2, 0.25) is 0 Å². The fourth-order valence-electron chi connectivity index (χ4n) is 1.86. The molecule has 0 aliphatic carbocycles. The van der Waals surface area contributed by atoms with Crippen molar-refractivity contribution in [2.75, 3.05) is 39.8 Å². The summed E-state index contributed by atoms with van der Waals surface area (Å²) in [5.74, 6) is 0. The van der Waals surface area contributed by atoms with Gasteiger partial charge in [-0.2, -0.15) is 0 Å². The second-order valence-corrected chi connectivity index (χ2v) is 4.24. The second-order valence-electron chi connectivity index (χ2n) is 4.24. The van der Waals surface area contributed by atoms with Crippen LogP contribution in [0.15, 0.2) is 12.2 Å². The predicted octanol–water partition coefficient (Wildman–Crippen LogP) is 1.59. The van der Waals surface area contributed by atoms with Gasteiger partial charge in [-0.15, -0.1) is 0 Å². The molecule has 0 aromatic rings. The zero-order valence-corrected chi connectivity index (χ0v) is 9.05. The third-order valence-corrected chi connectivity index (χ3v) is 2.54. The van der Waals surface area contributed by atoms with E-state index in [1.165, 1.54) is 44.6 Å². The number of hydrogen-bond donors (Lipinski definition) is 0. The summed E-state index contributed by atoms with van der Waals surface area (Å²) in [5, 5.41) is 0. The van der Waals surface area contributed by atoms with Gasteiger partial charge in [0.05, 0.1) is 0 Å². The van der Waals surface area contributed by atoms with Gasteiger partial charge in [-0.3, -0.25) is 0 Å². The van der Waals surface area contributed by atoms with Gasteiger partial charge in [-0.05, 0) is 39.9 Å². The van der Waals surface area contributed by atoms with Gasteiger partial charge in [0.15, 0.2) is 0 Å². The van der Waals surface area contributed by atoms with Crippen LogP contribution in [0.3, 0.4) is 0 Å². The maximum Gasteiger partial charge on any atom is 0.0184 e. The highest BCUT2D eigenvalue weighted by Gasteiger charge is 2.11. The average molecular weight is 182 g/mol. The van der Waals surface area contributed by atoms with Gasteiger partial charge in [-0.1, -0.05) is 12.2 Å². The van der Waals surface area contributed by atoms with Crippen LogP contribution in [-0.2, 0) is 0 Å². The summed E-state index contributed by atoms with van der Waals surface area (Å²) in [6.07, 6.45) is 2.79. The molecule has 0 unspecified atom stereocenters. The van der Waals surface area contributed by atoms with E-state index in [4.69, 9.17) is 0 Å². The third-order valence-electron chi connectivity index (χ3n) is 2.54. The Kier molecular flexibility index (Phi) is 4.46. The van der Waals surface area contributed by atoms with Crippen molar-refractivity contribution in [3.63, 3.8) is 0 Å². The Morgan fingerprint density at radius 2 is 2.00 bits per heavy atom. The van der Waals surface area contributed by atoms with Crippen LogP contribution in [0.2, 0.25) is 0 Å². The van der Waals surface area contributed by atoms with E-state index >= 15 is 0 Å². The first-order valence-electron chi connectivity index (χ1n) is 5.24. The van der Waals surface area contributed by atoms with Crippen LogP contribution in [0.5, 0.6) is 0 Å². The minimum absolute atomic E-state index is 1.04. The Labute approximate surface area is 82.2 Å². The molecule has 2 heteroatoms. The van der Waals surface area contributed by atoms with Crippen LogP contribution in [0, 0.1) is 0 Å². The van der Waals surface area contributed by atoms with Gasteiger partial charge in [0.25, 0.3) is 0 Å². The molecule has 0 radical (unpaired) electrons. The van der Waals surface area contributed by atoms with Crippen molar-refractivity contribution in [3.8, 4) is 0 Å². The van der Waals surface area contributed by atoms with Gasteiger partial charge in [-0.25, -0.2) is 0 Å². The number of rotatable bonds is 5. The monoisotopic (exact) mass is 182 g/mol. The largest absolute Gasteiger partial charge is 0.302 e. The molecule has 1 rings (SSSR count). The summed E-state index contributed by atoms with van der Waals surface area (Å²) in [5.41, 5.74) is 1.25.